The summed E-state index contributed by atoms with van der Waals surface area (Å²) in [7, 11) is 0. The third-order valence-corrected chi connectivity index (χ3v) is 3.35. The van der Waals surface area contributed by atoms with Crippen LogP contribution in [0.15, 0.2) is 0 Å². The molecule has 0 spiro atoms. The fraction of sp³-hybridized carbons (Fsp3) is 0.938. The first kappa shape index (κ1) is 19.2. The third kappa shape index (κ3) is 7.42. The van der Waals surface area contributed by atoms with Gasteiger partial charge in [-0.25, -0.2) is 4.79 Å². The van der Waals surface area contributed by atoms with E-state index in [4.69, 9.17) is 14.2 Å². The molecule has 1 fully saturated rings. The highest BCUT2D eigenvalue weighted by Crippen LogP contribution is 2.15. The van der Waals surface area contributed by atoms with E-state index in [9.17, 15) is 4.79 Å². The van der Waals surface area contributed by atoms with E-state index in [-0.39, 0.29) is 18.4 Å². The zero-order valence-corrected chi connectivity index (χ0v) is 14.7. The molecule has 130 valence electrons. The lowest BCUT2D eigenvalue weighted by molar-refractivity contribution is -0.134. The normalized spacial score (nSPS) is 19.5. The maximum absolute atomic E-state index is 12.1. The number of hydrogen-bond donors (Lipinski definition) is 1. The maximum atomic E-state index is 12.1. The Labute approximate surface area is 134 Å². The summed E-state index contributed by atoms with van der Waals surface area (Å²) in [6, 6.07) is 0.254. The number of rotatable bonds is 7. The topological polar surface area (TPSA) is 60.0 Å². The van der Waals surface area contributed by atoms with Crippen LogP contribution in [-0.2, 0) is 14.2 Å². The van der Waals surface area contributed by atoms with Gasteiger partial charge < -0.3 is 24.4 Å². The van der Waals surface area contributed by atoms with Gasteiger partial charge in [-0.2, -0.15) is 0 Å². The van der Waals surface area contributed by atoms with Gasteiger partial charge in [0.1, 0.15) is 5.60 Å². The number of likely N-dealkylation sites (tertiary alicyclic amines) is 1. The number of nitrogens with zero attached hydrogens (tertiary/aromatic N) is 1. The summed E-state index contributed by atoms with van der Waals surface area (Å²) in [5.41, 5.74) is -0.452. The molecule has 1 N–H and O–H groups in total. The van der Waals surface area contributed by atoms with Crippen LogP contribution in [0, 0.1) is 0 Å². The van der Waals surface area contributed by atoms with Gasteiger partial charge in [0, 0.05) is 38.9 Å². The lowest BCUT2D eigenvalue weighted by Crippen LogP contribution is -2.51. The minimum atomic E-state index is -0.452. The molecule has 1 amide bonds. The van der Waals surface area contributed by atoms with Crippen LogP contribution in [0.2, 0.25) is 0 Å². The Morgan fingerprint density at radius 2 is 1.91 bits per heavy atom. The van der Waals surface area contributed by atoms with E-state index >= 15 is 0 Å². The lowest BCUT2D eigenvalue weighted by Gasteiger charge is -2.35. The average molecular weight is 316 g/mol. The van der Waals surface area contributed by atoms with Crippen molar-refractivity contribution in [3.05, 3.63) is 0 Å². The SMILES string of the molecule is CCOC(CN[C@@H]1CCCN(C(=O)OC(C)(C)C)C1)OCC. The summed E-state index contributed by atoms with van der Waals surface area (Å²) >= 11 is 0. The van der Waals surface area contributed by atoms with Crippen LogP contribution in [0.5, 0.6) is 0 Å². The molecule has 0 aromatic carbocycles. The van der Waals surface area contributed by atoms with Gasteiger partial charge in [0.25, 0.3) is 0 Å². The Morgan fingerprint density at radius 3 is 2.45 bits per heavy atom. The van der Waals surface area contributed by atoms with E-state index in [1.807, 2.05) is 34.6 Å². The van der Waals surface area contributed by atoms with E-state index in [0.29, 0.717) is 26.3 Å². The van der Waals surface area contributed by atoms with Gasteiger partial charge in [-0.1, -0.05) is 0 Å². The largest absolute Gasteiger partial charge is 0.444 e. The van der Waals surface area contributed by atoms with Gasteiger partial charge in [-0.15, -0.1) is 0 Å². The number of piperidine rings is 1. The van der Waals surface area contributed by atoms with Crippen molar-refractivity contribution >= 4 is 6.09 Å². The number of nitrogens with one attached hydrogen (secondary N) is 1. The first-order valence-corrected chi connectivity index (χ1v) is 8.30. The van der Waals surface area contributed by atoms with Crippen molar-refractivity contribution in [1.82, 2.24) is 10.2 Å². The first-order valence-electron chi connectivity index (χ1n) is 8.30. The molecule has 1 atom stereocenters. The molecule has 6 nitrogen and oxygen atoms in total. The van der Waals surface area contributed by atoms with E-state index < -0.39 is 5.60 Å². The molecule has 0 aromatic rings. The van der Waals surface area contributed by atoms with Crippen LogP contribution >= 0.6 is 0 Å². The van der Waals surface area contributed by atoms with Crippen molar-refractivity contribution < 1.29 is 19.0 Å². The Kier molecular flexibility index (Phi) is 8.14. The van der Waals surface area contributed by atoms with Gasteiger partial charge >= 0.3 is 6.09 Å². The van der Waals surface area contributed by atoms with Gasteiger partial charge in [0.05, 0.1) is 0 Å². The molecule has 1 heterocycles. The number of amides is 1. The van der Waals surface area contributed by atoms with E-state index in [0.717, 1.165) is 19.4 Å². The molecule has 0 radical (unpaired) electrons. The average Bonchev–Trinajstić information content (AvgIpc) is 2.44. The quantitative estimate of drug-likeness (QED) is 0.731. The van der Waals surface area contributed by atoms with Crippen LogP contribution < -0.4 is 5.32 Å². The highest BCUT2D eigenvalue weighted by molar-refractivity contribution is 5.68. The predicted molar refractivity (Wildman–Crippen MR) is 85.9 cm³/mol. The Balaban J connectivity index is 2.40. The molecule has 0 unspecified atom stereocenters. The number of carbonyl (C=O) groups is 1. The minimum Gasteiger partial charge on any atom is -0.444 e. The van der Waals surface area contributed by atoms with Crippen LogP contribution in [0.4, 0.5) is 4.79 Å². The van der Waals surface area contributed by atoms with Crippen molar-refractivity contribution in [3.8, 4) is 0 Å². The van der Waals surface area contributed by atoms with Crippen LogP contribution in [0.25, 0.3) is 0 Å². The highest BCUT2D eigenvalue weighted by Gasteiger charge is 2.27. The predicted octanol–water partition coefficient (Wildman–Crippen LogP) is 2.37. The Bertz CT molecular complexity index is 325. The molecular formula is C16H32N2O4. The van der Waals surface area contributed by atoms with Gasteiger partial charge in [0.2, 0.25) is 0 Å². The van der Waals surface area contributed by atoms with Crippen LogP contribution in [-0.4, -0.2) is 61.8 Å². The molecule has 0 aromatic heterocycles. The van der Waals surface area contributed by atoms with Crippen LogP contribution in [0.3, 0.4) is 0 Å². The van der Waals surface area contributed by atoms with Gasteiger partial charge in [0.15, 0.2) is 6.29 Å². The zero-order chi connectivity index (χ0) is 16.6. The molecule has 1 aliphatic heterocycles. The second kappa shape index (κ2) is 9.33. The zero-order valence-electron chi connectivity index (χ0n) is 14.7. The summed E-state index contributed by atoms with van der Waals surface area (Å²) in [5, 5.41) is 3.44. The molecule has 1 aliphatic rings. The van der Waals surface area contributed by atoms with Crippen molar-refractivity contribution in [3.63, 3.8) is 0 Å². The molecule has 0 saturated carbocycles. The molecule has 0 bridgehead atoms. The fourth-order valence-electron chi connectivity index (χ4n) is 2.44. The Hall–Kier alpha value is -0.850. The second-order valence-corrected chi connectivity index (χ2v) is 6.51. The molecular weight excluding hydrogens is 284 g/mol. The highest BCUT2D eigenvalue weighted by atomic mass is 16.7. The van der Waals surface area contributed by atoms with E-state index in [1.54, 1.807) is 4.90 Å². The van der Waals surface area contributed by atoms with Gasteiger partial charge in [-0.3, -0.25) is 0 Å². The standard InChI is InChI=1S/C16H32N2O4/c1-6-20-14(21-7-2)11-17-13-9-8-10-18(12-13)15(19)22-16(3,4)5/h13-14,17H,6-12H2,1-5H3/t13-/m1/s1. The third-order valence-electron chi connectivity index (χ3n) is 3.35. The van der Waals surface area contributed by atoms with Crippen molar-refractivity contribution in [2.45, 2.75) is 65.4 Å². The van der Waals surface area contributed by atoms with E-state index in [2.05, 4.69) is 5.32 Å². The molecule has 22 heavy (non-hydrogen) atoms. The molecule has 1 saturated heterocycles. The maximum Gasteiger partial charge on any atom is 0.410 e. The molecule has 0 aliphatic carbocycles. The lowest BCUT2D eigenvalue weighted by atomic mass is 10.1. The molecule has 6 heteroatoms. The first-order chi connectivity index (χ1) is 10.4. The van der Waals surface area contributed by atoms with Crippen molar-refractivity contribution in [2.75, 3.05) is 32.8 Å². The van der Waals surface area contributed by atoms with Crippen molar-refractivity contribution in [2.24, 2.45) is 0 Å². The second-order valence-electron chi connectivity index (χ2n) is 6.51. The van der Waals surface area contributed by atoms with Crippen LogP contribution in [0.1, 0.15) is 47.5 Å². The molecule has 1 rings (SSSR count). The summed E-state index contributed by atoms with van der Waals surface area (Å²) in [6.45, 7) is 12.9. The van der Waals surface area contributed by atoms with Crippen molar-refractivity contribution in [1.29, 1.82) is 0 Å². The fourth-order valence-corrected chi connectivity index (χ4v) is 2.44. The summed E-state index contributed by atoms with van der Waals surface area (Å²) in [4.78, 5) is 13.9. The number of carbonyl (C=O) groups excluding carboxylic acids is 1. The van der Waals surface area contributed by atoms with Gasteiger partial charge in [-0.05, 0) is 47.5 Å². The summed E-state index contributed by atoms with van der Waals surface area (Å²) in [5.74, 6) is 0. The summed E-state index contributed by atoms with van der Waals surface area (Å²) in [6.07, 6.45) is 1.56. The summed E-state index contributed by atoms with van der Waals surface area (Å²) < 4.78 is 16.5. The number of ether oxygens (including phenoxy) is 3. The minimum absolute atomic E-state index is 0.230. The number of hydrogen-bond acceptors (Lipinski definition) is 5. The Morgan fingerprint density at radius 1 is 1.27 bits per heavy atom. The smallest absolute Gasteiger partial charge is 0.410 e. The monoisotopic (exact) mass is 316 g/mol. The van der Waals surface area contributed by atoms with E-state index in [1.165, 1.54) is 0 Å².